The van der Waals surface area contributed by atoms with Crippen molar-refractivity contribution in [2.75, 3.05) is 11.9 Å². The smallest absolute Gasteiger partial charge is 0.169 e. The van der Waals surface area contributed by atoms with Crippen molar-refractivity contribution in [2.24, 2.45) is 0 Å². The average Bonchev–Trinajstić information content (AvgIpc) is 2.30. The number of carbonyl (C=O) groups is 1. The topological polar surface area (TPSA) is 26.3 Å². The van der Waals surface area contributed by atoms with Gasteiger partial charge >= 0.3 is 0 Å². The Labute approximate surface area is 103 Å². The first-order valence-electron chi connectivity index (χ1n) is 5.34. The molecule has 0 amide bonds. The van der Waals surface area contributed by atoms with Crippen LogP contribution in [0.15, 0.2) is 24.3 Å². The fourth-order valence-corrected chi connectivity index (χ4v) is 1.93. The van der Waals surface area contributed by atoms with Gasteiger partial charge in [-0.05, 0) is 24.1 Å². The Morgan fingerprint density at radius 3 is 3.12 bits per heavy atom. The Hall–Kier alpha value is -1.09. The third-order valence-corrected chi connectivity index (χ3v) is 2.94. The Balaban J connectivity index is 2.22. The van der Waals surface area contributed by atoms with Gasteiger partial charge in [0.05, 0.1) is 12.2 Å². The van der Waals surface area contributed by atoms with Crippen molar-refractivity contribution in [3.05, 3.63) is 35.4 Å². The number of ether oxygens (including phenoxy) is 1. The molecule has 0 aliphatic carbocycles. The summed E-state index contributed by atoms with van der Waals surface area (Å²) >= 11 is 3.37. The van der Waals surface area contributed by atoms with Gasteiger partial charge in [-0.3, -0.25) is 4.79 Å². The van der Waals surface area contributed by atoms with Crippen LogP contribution in [0.3, 0.4) is 0 Å². The summed E-state index contributed by atoms with van der Waals surface area (Å²) in [5.41, 5.74) is 1.79. The minimum Gasteiger partial charge on any atom is -0.492 e. The highest BCUT2D eigenvalue weighted by molar-refractivity contribution is 9.09. The first-order chi connectivity index (χ1) is 7.81. The van der Waals surface area contributed by atoms with E-state index >= 15 is 0 Å². The molecule has 1 aliphatic rings. The lowest BCUT2D eigenvalue weighted by atomic mass is 10.0. The standard InChI is InChI=1S/C13H13BrO2/c14-7-2-1-3-10-4-5-11-12(15)6-8-16-13(11)9-10/h1,3-5,9H,2,6-8H2. The van der Waals surface area contributed by atoms with Crippen molar-refractivity contribution < 1.29 is 9.53 Å². The third kappa shape index (κ3) is 2.53. The number of rotatable bonds is 3. The van der Waals surface area contributed by atoms with E-state index in [0.29, 0.717) is 18.6 Å². The molecule has 1 heterocycles. The number of alkyl halides is 1. The molecule has 0 aromatic heterocycles. The maximum atomic E-state index is 11.6. The lowest BCUT2D eigenvalue weighted by Crippen LogP contribution is -2.15. The molecule has 1 aliphatic heterocycles. The molecular weight excluding hydrogens is 268 g/mol. The number of hydrogen-bond donors (Lipinski definition) is 0. The Bertz CT molecular complexity index is 424. The second kappa shape index (κ2) is 5.30. The van der Waals surface area contributed by atoms with Crippen LogP contribution in [-0.4, -0.2) is 17.7 Å². The monoisotopic (exact) mass is 280 g/mol. The quantitative estimate of drug-likeness (QED) is 0.793. The van der Waals surface area contributed by atoms with Crippen LogP contribution in [0.25, 0.3) is 6.08 Å². The zero-order valence-electron chi connectivity index (χ0n) is 8.91. The van der Waals surface area contributed by atoms with E-state index < -0.39 is 0 Å². The van der Waals surface area contributed by atoms with Crippen LogP contribution in [0.5, 0.6) is 5.75 Å². The van der Waals surface area contributed by atoms with Crippen molar-refractivity contribution in [1.82, 2.24) is 0 Å². The molecule has 0 atom stereocenters. The molecule has 0 unspecified atom stereocenters. The van der Waals surface area contributed by atoms with E-state index in [1.807, 2.05) is 24.3 Å². The summed E-state index contributed by atoms with van der Waals surface area (Å²) in [6.45, 7) is 0.500. The molecule has 84 valence electrons. The number of carbonyl (C=O) groups excluding carboxylic acids is 1. The van der Waals surface area contributed by atoms with Gasteiger partial charge in [0.15, 0.2) is 5.78 Å². The zero-order valence-corrected chi connectivity index (χ0v) is 10.5. The van der Waals surface area contributed by atoms with E-state index in [-0.39, 0.29) is 5.78 Å². The summed E-state index contributed by atoms with van der Waals surface area (Å²) in [5.74, 6) is 0.898. The van der Waals surface area contributed by atoms with Gasteiger partial charge in [-0.1, -0.05) is 34.1 Å². The van der Waals surface area contributed by atoms with E-state index in [4.69, 9.17) is 4.74 Å². The number of allylic oxidation sites excluding steroid dienone is 1. The number of fused-ring (bicyclic) bond motifs is 1. The van der Waals surface area contributed by atoms with Crippen LogP contribution < -0.4 is 4.74 Å². The van der Waals surface area contributed by atoms with Crippen LogP contribution in [0.1, 0.15) is 28.8 Å². The molecule has 0 saturated carbocycles. The summed E-state index contributed by atoms with van der Waals surface area (Å²) in [6.07, 6.45) is 5.63. The predicted octanol–water partition coefficient (Wildman–Crippen LogP) is 3.45. The van der Waals surface area contributed by atoms with Gasteiger partial charge in [0.25, 0.3) is 0 Å². The molecule has 1 aromatic carbocycles. The number of hydrogen-bond acceptors (Lipinski definition) is 2. The maximum absolute atomic E-state index is 11.6. The van der Waals surface area contributed by atoms with Crippen LogP contribution in [0.4, 0.5) is 0 Å². The van der Waals surface area contributed by atoms with Crippen molar-refractivity contribution in [3.63, 3.8) is 0 Å². The zero-order chi connectivity index (χ0) is 11.4. The molecular formula is C13H13BrO2. The Kier molecular flexibility index (Phi) is 3.78. The largest absolute Gasteiger partial charge is 0.492 e. The minimum atomic E-state index is 0.178. The van der Waals surface area contributed by atoms with Crippen LogP contribution in [0, 0.1) is 0 Å². The fraction of sp³-hybridized carbons (Fsp3) is 0.308. The lowest BCUT2D eigenvalue weighted by molar-refractivity contribution is 0.0933. The van der Waals surface area contributed by atoms with Gasteiger partial charge in [0, 0.05) is 11.8 Å². The second-order valence-corrected chi connectivity index (χ2v) is 4.45. The summed E-state index contributed by atoms with van der Waals surface area (Å²) in [6, 6.07) is 5.73. The molecule has 0 fully saturated rings. The number of Topliss-reactive ketones (excluding diaryl/α,β-unsaturated/α-hetero) is 1. The highest BCUT2D eigenvalue weighted by atomic mass is 79.9. The van der Waals surface area contributed by atoms with Gasteiger partial charge in [-0.25, -0.2) is 0 Å². The SMILES string of the molecule is O=C1CCOc2cc(C=CCCBr)ccc21. The first-order valence-corrected chi connectivity index (χ1v) is 6.46. The maximum Gasteiger partial charge on any atom is 0.169 e. The van der Waals surface area contributed by atoms with Gasteiger partial charge in [-0.2, -0.15) is 0 Å². The number of ketones is 1. The van der Waals surface area contributed by atoms with Gasteiger partial charge in [-0.15, -0.1) is 0 Å². The van der Waals surface area contributed by atoms with Crippen molar-refractivity contribution >= 4 is 27.8 Å². The first kappa shape index (κ1) is 11.4. The summed E-state index contributed by atoms with van der Waals surface area (Å²) in [4.78, 5) is 11.6. The van der Waals surface area contributed by atoms with Crippen LogP contribution >= 0.6 is 15.9 Å². The number of halogens is 1. The second-order valence-electron chi connectivity index (χ2n) is 3.66. The highest BCUT2D eigenvalue weighted by Gasteiger charge is 2.17. The molecule has 0 bridgehead atoms. The van der Waals surface area contributed by atoms with E-state index in [0.717, 1.165) is 23.1 Å². The van der Waals surface area contributed by atoms with Gasteiger partial charge in [0.2, 0.25) is 0 Å². The molecule has 0 saturated heterocycles. The molecule has 0 spiro atoms. The normalized spacial score (nSPS) is 14.9. The Morgan fingerprint density at radius 1 is 1.44 bits per heavy atom. The van der Waals surface area contributed by atoms with Crippen LogP contribution in [-0.2, 0) is 0 Å². The molecule has 1 aromatic rings. The van der Waals surface area contributed by atoms with Gasteiger partial charge in [0.1, 0.15) is 5.75 Å². The molecule has 3 heteroatoms. The fourth-order valence-electron chi connectivity index (χ4n) is 1.66. The molecule has 0 N–H and O–H groups in total. The molecule has 2 rings (SSSR count). The summed E-state index contributed by atoms with van der Waals surface area (Å²) < 4.78 is 5.48. The van der Waals surface area contributed by atoms with Crippen molar-refractivity contribution in [1.29, 1.82) is 0 Å². The summed E-state index contributed by atoms with van der Waals surface area (Å²) in [7, 11) is 0. The third-order valence-electron chi connectivity index (χ3n) is 2.48. The van der Waals surface area contributed by atoms with Crippen molar-refractivity contribution in [2.45, 2.75) is 12.8 Å². The lowest BCUT2D eigenvalue weighted by Gasteiger charge is -2.16. The van der Waals surface area contributed by atoms with E-state index in [1.54, 1.807) is 0 Å². The molecule has 16 heavy (non-hydrogen) atoms. The molecule has 0 radical (unpaired) electrons. The summed E-state index contributed by atoms with van der Waals surface area (Å²) in [5, 5.41) is 0.962. The van der Waals surface area contributed by atoms with Crippen molar-refractivity contribution in [3.8, 4) is 5.75 Å². The van der Waals surface area contributed by atoms with Crippen LogP contribution in [0.2, 0.25) is 0 Å². The van der Waals surface area contributed by atoms with E-state index in [2.05, 4.69) is 22.0 Å². The molecule has 2 nitrogen and oxygen atoms in total. The van der Waals surface area contributed by atoms with E-state index in [9.17, 15) is 4.79 Å². The van der Waals surface area contributed by atoms with Gasteiger partial charge < -0.3 is 4.74 Å². The Morgan fingerprint density at radius 2 is 2.31 bits per heavy atom. The predicted molar refractivity (Wildman–Crippen MR) is 68.3 cm³/mol. The van der Waals surface area contributed by atoms with E-state index in [1.165, 1.54) is 0 Å². The highest BCUT2D eigenvalue weighted by Crippen LogP contribution is 2.26. The number of benzene rings is 1. The average molecular weight is 281 g/mol. The minimum absolute atomic E-state index is 0.178.